The van der Waals surface area contributed by atoms with Crippen LogP contribution in [0.25, 0.3) is 0 Å². The molecule has 0 fully saturated rings. The number of thiocarbonyl (C=S) groups is 1. The van der Waals surface area contributed by atoms with Crippen LogP contribution in [0.4, 0.5) is 17.6 Å². The Morgan fingerprint density at radius 3 is 2.46 bits per heavy atom. The maximum absolute atomic E-state index is 13.8. The van der Waals surface area contributed by atoms with Crippen molar-refractivity contribution in [3.63, 3.8) is 0 Å². The van der Waals surface area contributed by atoms with E-state index in [1.165, 1.54) is 0 Å². The molecule has 0 aliphatic carbocycles. The summed E-state index contributed by atoms with van der Waals surface area (Å²) < 4.78 is 61.9. The summed E-state index contributed by atoms with van der Waals surface area (Å²) in [5.74, 6) is 0.383. The SMILES string of the molecule is Fc1cc(C(F)(F)F)ccc1CNC(=S)NCc1ccc2c(c1)OCO2. The molecular formula is C17H14F4N2O2S. The lowest BCUT2D eigenvalue weighted by Crippen LogP contribution is -2.34. The van der Waals surface area contributed by atoms with E-state index in [0.717, 1.165) is 17.7 Å². The van der Waals surface area contributed by atoms with Crippen molar-refractivity contribution in [2.24, 2.45) is 0 Å². The molecule has 3 rings (SSSR count). The van der Waals surface area contributed by atoms with E-state index >= 15 is 0 Å². The Hall–Kier alpha value is -2.55. The predicted molar refractivity (Wildman–Crippen MR) is 90.2 cm³/mol. The minimum atomic E-state index is -4.58. The molecule has 138 valence electrons. The first-order chi connectivity index (χ1) is 12.3. The van der Waals surface area contributed by atoms with Crippen molar-refractivity contribution in [2.45, 2.75) is 19.3 Å². The van der Waals surface area contributed by atoms with Gasteiger partial charge in [-0.25, -0.2) is 4.39 Å². The van der Waals surface area contributed by atoms with E-state index < -0.39 is 17.6 Å². The van der Waals surface area contributed by atoms with Gasteiger partial charge in [-0.15, -0.1) is 0 Å². The average Bonchev–Trinajstić information content (AvgIpc) is 3.05. The van der Waals surface area contributed by atoms with Crippen LogP contribution in [0.1, 0.15) is 16.7 Å². The van der Waals surface area contributed by atoms with Crippen LogP contribution < -0.4 is 20.1 Å². The lowest BCUT2D eigenvalue weighted by Gasteiger charge is -2.13. The summed E-state index contributed by atoms with van der Waals surface area (Å²) in [6, 6.07) is 7.84. The number of ether oxygens (including phenoxy) is 2. The van der Waals surface area contributed by atoms with Crippen molar-refractivity contribution in [1.82, 2.24) is 10.6 Å². The Morgan fingerprint density at radius 2 is 1.73 bits per heavy atom. The fraction of sp³-hybridized carbons (Fsp3) is 0.235. The highest BCUT2D eigenvalue weighted by Gasteiger charge is 2.31. The lowest BCUT2D eigenvalue weighted by molar-refractivity contribution is -0.137. The Bertz CT molecular complexity index is 827. The van der Waals surface area contributed by atoms with E-state index in [0.29, 0.717) is 24.1 Å². The highest BCUT2D eigenvalue weighted by molar-refractivity contribution is 7.80. The number of halogens is 4. The summed E-state index contributed by atoms with van der Waals surface area (Å²) in [5, 5.41) is 5.95. The minimum Gasteiger partial charge on any atom is -0.454 e. The normalized spacial score (nSPS) is 12.8. The molecule has 0 saturated carbocycles. The van der Waals surface area contributed by atoms with Crippen LogP contribution in [-0.2, 0) is 19.3 Å². The maximum atomic E-state index is 13.8. The average molecular weight is 386 g/mol. The van der Waals surface area contributed by atoms with E-state index in [4.69, 9.17) is 21.7 Å². The number of nitrogens with one attached hydrogen (secondary N) is 2. The smallest absolute Gasteiger partial charge is 0.416 e. The van der Waals surface area contributed by atoms with Gasteiger partial charge < -0.3 is 20.1 Å². The van der Waals surface area contributed by atoms with E-state index in [2.05, 4.69) is 10.6 Å². The Kier molecular flexibility index (Phi) is 5.17. The zero-order valence-corrected chi connectivity index (χ0v) is 14.1. The van der Waals surface area contributed by atoms with Crippen molar-refractivity contribution >= 4 is 17.3 Å². The third-order valence-corrected chi connectivity index (χ3v) is 4.00. The van der Waals surface area contributed by atoms with E-state index in [1.807, 2.05) is 12.1 Å². The molecule has 0 atom stereocenters. The molecule has 0 bridgehead atoms. The number of hydrogen-bond acceptors (Lipinski definition) is 3. The molecule has 1 aliphatic rings. The Morgan fingerprint density at radius 1 is 1.00 bits per heavy atom. The molecule has 0 saturated heterocycles. The van der Waals surface area contributed by atoms with Crippen molar-refractivity contribution in [1.29, 1.82) is 0 Å². The summed E-state index contributed by atoms with van der Waals surface area (Å²) >= 11 is 5.10. The molecule has 2 aromatic carbocycles. The Labute approximate surface area is 152 Å². The van der Waals surface area contributed by atoms with Gasteiger partial charge in [0.2, 0.25) is 6.79 Å². The van der Waals surface area contributed by atoms with Gasteiger partial charge in [-0.1, -0.05) is 12.1 Å². The van der Waals surface area contributed by atoms with Crippen LogP contribution in [0.2, 0.25) is 0 Å². The largest absolute Gasteiger partial charge is 0.454 e. The monoisotopic (exact) mass is 386 g/mol. The third-order valence-electron chi connectivity index (χ3n) is 3.71. The molecule has 1 aliphatic heterocycles. The van der Waals surface area contributed by atoms with Crippen LogP contribution in [0, 0.1) is 5.82 Å². The second kappa shape index (κ2) is 7.36. The standard InChI is InChI=1S/C17H14F4N2O2S/c18-13-6-12(17(19,20)21)3-2-11(13)8-23-16(26)22-7-10-1-4-14-15(5-10)25-9-24-14/h1-6H,7-9H2,(H2,22,23,26). The Balaban J connectivity index is 1.51. The minimum absolute atomic E-state index is 0.0308. The van der Waals surface area contributed by atoms with Gasteiger partial charge in [0, 0.05) is 18.7 Å². The number of rotatable bonds is 4. The molecule has 1 heterocycles. The summed E-state index contributed by atoms with van der Waals surface area (Å²) in [7, 11) is 0. The maximum Gasteiger partial charge on any atom is 0.416 e. The highest BCUT2D eigenvalue weighted by atomic mass is 32.1. The third kappa shape index (κ3) is 4.34. The number of alkyl halides is 3. The molecule has 0 spiro atoms. The van der Waals surface area contributed by atoms with Gasteiger partial charge in [0.05, 0.1) is 5.56 Å². The first kappa shape index (κ1) is 18.2. The highest BCUT2D eigenvalue weighted by Crippen LogP contribution is 2.32. The summed E-state index contributed by atoms with van der Waals surface area (Å²) in [5.41, 5.74) is -0.0356. The second-order valence-corrected chi connectivity index (χ2v) is 5.94. The van der Waals surface area contributed by atoms with Crippen LogP contribution in [0.15, 0.2) is 36.4 Å². The van der Waals surface area contributed by atoms with E-state index in [9.17, 15) is 17.6 Å². The van der Waals surface area contributed by atoms with Gasteiger partial charge in [0.25, 0.3) is 0 Å². The quantitative estimate of drug-likeness (QED) is 0.619. The second-order valence-electron chi connectivity index (χ2n) is 5.53. The van der Waals surface area contributed by atoms with Crippen LogP contribution in [0.5, 0.6) is 11.5 Å². The van der Waals surface area contributed by atoms with Crippen LogP contribution in [0.3, 0.4) is 0 Å². The zero-order chi connectivity index (χ0) is 18.7. The molecule has 0 aromatic heterocycles. The molecule has 2 N–H and O–H groups in total. The van der Waals surface area contributed by atoms with Crippen molar-refractivity contribution in [2.75, 3.05) is 6.79 Å². The summed E-state index contributed by atoms with van der Waals surface area (Å²) in [6.07, 6.45) is -4.58. The first-order valence-electron chi connectivity index (χ1n) is 7.59. The molecule has 26 heavy (non-hydrogen) atoms. The molecule has 0 amide bonds. The zero-order valence-electron chi connectivity index (χ0n) is 13.3. The molecule has 4 nitrogen and oxygen atoms in total. The molecule has 0 unspecified atom stereocenters. The fourth-order valence-corrected chi connectivity index (χ4v) is 2.48. The first-order valence-corrected chi connectivity index (χ1v) is 7.99. The molecule has 9 heteroatoms. The summed E-state index contributed by atoms with van der Waals surface area (Å²) in [6.45, 7) is 0.555. The molecule has 2 aromatic rings. The van der Waals surface area contributed by atoms with E-state index in [-0.39, 0.29) is 24.0 Å². The van der Waals surface area contributed by atoms with Crippen molar-refractivity contribution < 1.29 is 27.0 Å². The fourth-order valence-electron chi connectivity index (χ4n) is 2.34. The van der Waals surface area contributed by atoms with Gasteiger partial charge in [0.1, 0.15) is 5.82 Å². The molecule has 0 radical (unpaired) electrons. The lowest BCUT2D eigenvalue weighted by atomic mass is 10.1. The summed E-state index contributed by atoms with van der Waals surface area (Å²) in [4.78, 5) is 0. The van der Waals surface area contributed by atoms with Gasteiger partial charge in [-0.3, -0.25) is 0 Å². The predicted octanol–water partition coefficient (Wildman–Crippen LogP) is 3.74. The topological polar surface area (TPSA) is 42.5 Å². The van der Waals surface area contributed by atoms with Gasteiger partial charge >= 0.3 is 6.18 Å². The van der Waals surface area contributed by atoms with Crippen molar-refractivity contribution in [3.05, 3.63) is 58.9 Å². The number of benzene rings is 2. The van der Waals surface area contributed by atoms with Crippen LogP contribution >= 0.6 is 12.2 Å². The van der Waals surface area contributed by atoms with Gasteiger partial charge in [-0.2, -0.15) is 13.2 Å². The number of fused-ring (bicyclic) bond motifs is 1. The number of hydrogen-bond donors (Lipinski definition) is 2. The van der Waals surface area contributed by atoms with Gasteiger partial charge in [0.15, 0.2) is 16.6 Å². The van der Waals surface area contributed by atoms with Gasteiger partial charge in [-0.05, 0) is 42.0 Å². The van der Waals surface area contributed by atoms with Crippen molar-refractivity contribution in [3.8, 4) is 11.5 Å². The van der Waals surface area contributed by atoms with E-state index in [1.54, 1.807) is 6.07 Å². The molecular weight excluding hydrogens is 372 g/mol. The van der Waals surface area contributed by atoms with Crippen LogP contribution in [-0.4, -0.2) is 11.9 Å².